The van der Waals surface area contributed by atoms with Crippen molar-refractivity contribution in [2.45, 2.75) is 44.2 Å². The van der Waals surface area contributed by atoms with Gasteiger partial charge in [-0.3, -0.25) is 13.9 Å². The van der Waals surface area contributed by atoms with Crippen LogP contribution in [0.4, 0.5) is 5.69 Å². The number of rotatable bonds is 12. The minimum atomic E-state index is -4.06. The van der Waals surface area contributed by atoms with Gasteiger partial charge in [-0.05, 0) is 90.0 Å². The van der Waals surface area contributed by atoms with E-state index in [9.17, 15) is 18.0 Å². The molecule has 0 spiro atoms. The minimum Gasteiger partial charge on any atom is -0.354 e. The van der Waals surface area contributed by atoms with Gasteiger partial charge in [0.05, 0.1) is 10.6 Å². The number of nitrogens with one attached hydrogen (secondary N) is 1. The fourth-order valence-electron chi connectivity index (χ4n) is 3.81. The number of benzene rings is 3. The molecule has 38 heavy (non-hydrogen) atoms. The van der Waals surface area contributed by atoms with E-state index in [1.807, 2.05) is 31.2 Å². The van der Waals surface area contributed by atoms with E-state index in [0.29, 0.717) is 12.2 Å². The van der Waals surface area contributed by atoms with Crippen molar-refractivity contribution >= 4 is 66.0 Å². The van der Waals surface area contributed by atoms with Crippen LogP contribution in [0.15, 0.2) is 88.2 Å². The van der Waals surface area contributed by atoms with Crippen molar-refractivity contribution in [3.05, 3.63) is 92.5 Å². The van der Waals surface area contributed by atoms with Crippen LogP contribution in [0.5, 0.6) is 0 Å². The van der Waals surface area contributed by atoms with Crippen LogP contribution in [0.1, 0.15) is 32.3 Å². The molecule has 3 rings (SSSR count). The molecule has 0 heterocycles. The molecule has 0 aromatic heterocycles. The first-order valence-electron chi connectivity index (χ1n) is 12.3. The standard InChI is InChI=1S/C28H31BrIN3O4S/c1-3-4-17-31-28(35)21(2)32(19-22-9-8-10-23(29)18-22)27(34)20-33(25-15-13-24(30)14-16-25)38(36,37)26-11-6-5-7-12-26/h5-16,18,21H,3-4,17,19-20H2,1-2H3,(H,31,35)/t21-/m0/s1. The van der Waals surface area contributed by atoms with E-state index in [0.717, 1.165) is 30.8 Å². The summed E-state index contributed by atoms with van der Waals surface area (Å²) in [5.41, 5.74) is 1.18. The zero-order valence-corrected chi connectivity index (χ0v) is 25.9. The Kier molecular flexibility index (Phi) is 11.2. The van der Waals surface area contributed by atoms with Crippen molar-refractivity contribution in [2.24, 2.45) is 0 Å². The van der Waals surface area contributed by atoms with E-state index in [2.05, 4.69) is 43.8 Å². The van der Waals surface area contributed by atoms with Gasteiger partial charge in [-0.1, -0.05) is 59.6 Å². The van der Waals surface area contributed by atoms with Crippen LogP contribution in [-0.2, 0) is 26.2 Å². The molecule has 1 atom stereocenters. The van der Waals surface area contributed by atoms with Gasteiger partial charge in [-0.15, -0.1) is 0 Å². The molecule has 10 heteroatoms. The zero-order valence-electron chi connectivity index (χ0n) is 21.3. The number of carbonyl (C=O) groups excluding carboxylic acids is 2. The summed E-state index contributed by atoms with van der Waals surface area (Å²) in [7, 11) is -4.06. The van der Waals surface area contributed by atoms with E-state index < -0.39 is 28.5 Å². The van der Waals surface area contributed by atoms with Crippen LogP contribution in [-0.4, -0.2) is 44.3 Å². The van der Waals surface area contributed by atoms with Gasteiger partial charge in [0.1, 0.15) is 12.6 Å². The number of unbranched alkanes of at least 4 members (excludes halogenated alkanes) is 1. The van der Waals surface area contributed by atoms with Crippen LogP contribution < -0.4 is 9.62 Å². The Bertz CT molecular complexity index is 1340. The maximum atomic E-state index is 13.9. The third kappa shape index (κ3) is 8.03. The molecule has 2 amide bonds. The molecule has 3 aromatic rings. The zero-order chi connectivity index (χ0) is 27.7. The van der Waals surface area contributed by atoms with E-state index in [1.165, 1.54) is 17.0 Å². The van der Waals surface area contributed by atoms with Gasteiger partial charge in [0.25, 0.3) is 10.0 Å². The van der Waals surface area contributed by atoms with Gasteiger partial charge in [0, 0.05) is 21.1 Å². The van der Waals surface area contributed by atoms with Crippen LogP contribution in [0, 0.1) is 3.57 Å². The summed E-state index contributed by atoms with van der Waals surface area (Å²) in [4.78, 5) is 28.4. The molecule has 0 aliphatic heterocycles. The number of hydrogen-bond donors (Lipinski definition) is 1. The lowest BCUT2D eigenvalue weighted by molar-refractivity contribution is -0.139. The lowest BCUT2D eigenvalue weighted by Gasteiger charge is -2.32. The number of anilines is 1. The molecule has 0 aliphatic carbocycles. The van der Waals surface area contributed by atoms with Crippen molar-refractivity contribution in [3.8, 4) is 0 Å². The summed E-state index contributed by atoms with van der Waals surface area (Å²) in [5.74, 6) is -0.769. The molecule has 0 aliphatic rings. The second-order valence-corrected chi connectivity index (χ2v) is 12.8. The van der Waals surface area contributed by atoms with Gasteiger partial charge in [-0.2, -0.15) is 0 Å². The molecule has 3 aromatic carbocycles. The Labute approximate surface area is 246 Å². The molecule has 0 unspecified atom stereocenters. The average molecular weight is 712 g/mol. The smallest absolute Gasteiger partial charge is 0.264 e. The number of halogens is 2. The fourth-order valence-corrected chi connectivity index (χ4v) is 6.05. The molecule has 7 nitrogen and oxygen atoms in total. The van der Waals surface area contributed by atoms with E-state index in [4.69, 9.17) is 0 Å². The van der Waals surface area contributed by atoms with Crippen LogP contribution in [0.3, 0.4) is 0 Å². The number of sulfonamides is 1. The second kappa shape index (κ2) is 14.1. The predicted molar refractivity (Wildman–Crippen MR) is 162 cm³/mol. The minimum absolute atomic E-state index is 0.0789. The van der Waals surface area contributed by atoms with Gasteiger partial charge < -0.3 is 10.2 Å². The van der Waals surface area contributed by atoms with Gasteiger partial charge in [-0.25, -0.2) is 8.42 Å². The highest BCUT2D eigenvalue weighted by atomic mass is 127. The molecule has 202 valence electrons. The quantitative estimate of drug-likeness (QED) is 0.196. The average Bonchev–Trinajstić information content (AvgIpc) is 2.91. The summed E-state index contributed by atoms with van der Waals surface area (Å²) in [5, 5.41) is 2.89. The highest BCUT2D eigenvalue weighted by Crippen LogP contribution is 2.25. The van der Waals surface area contributed by atoms with Crippen molar-refractivity contribution in [1.82, 2.24) is 10.2 Å². The number of amides is 2. The normalized spacial score (nSPS) is 12.0. The number of hydrogen-bond acceptors (Lipinski definition) is 4. The third-order valence-corrected chi connectivity index (χ3v) is 8.96. The summed E-state index contributed by atoms with van der Waals surface area (Å²) in [6.45, 7) is 3.89. The molecule has 0 radical (unpaired) electrons. The van der Waals surface area contributed by atoms with Crippen molar-refractivity contribution in [2.75, 3.05) is 17.4 Å². The second-order valence-electron chi connectivity index (χ2n) is 8.77. The Balaban J connectivity index is 1.98. The first kappa shape index (κ1) is 30.1. The first-order valence-corrected chi connectivity index (χ1v) is 15.6. The van der Waals surface area contributed by atoms with Gasteiger partial charge in [0.15, 0.2) is 0 Å². The summed E-state index contributed by atoms with van der Waals surface area (Å²) < 4.78 is 30.3. The van der Waals surface area contributed by atoms with Crippen LogP contribution >= 0.6 is 38.5 Å². The largest absolute Gasteiger partial charge is 0.354 e. The monoisotopic (exact) mass is 711 g/mol. The Morgan fingerprint density at radius 3 is 2.32 bits per heavy atom. The molecule has 0 fully saturated rings. The lowest BCUT2D eigenvalue weighted by Crippen LogP contribution is -2.51. The van der Waals surface area contributed by atoms with Crippen molar-refractivity contribution in [1.29, 1.82) is 0 Å². The predicted octanol–water partition coefficient (Wildman–Crippen LogP) is 5.58. The lowest BCUT2D eigenvalue weighted by atomic mass is 10.1. The first-order chi connectivity index (χ1) is 18.1. The number of carbonyl (C=O) groups is 2. The highest BCUT2D eigenvalue weighted by molar-refractivity contribution is 14.1. The van der Waals surface area contributed by atoms with Gasteiger partial charge >= 0.3 is 0 Å². The Morgan fingerprint density at radius 2 is 1.68 bits per heavy atom. The molecule has 0 bridgehead atoms. The van der Waals surface area contributed by atoms with Crippen LogP contribution in [0.25, 0.3) is 0 Å². The highest BCUT2D eigenvalue weighted by Gasteiger charge is 2.32. The van der Waals surface area contributed by atoms with Crippen LogP contribution in [0.2, 0.25) is 0 Å². The number of nitrogens with zero attached hydrogens (tertiary/aromatic N) is 2. The van der Waals surface area contributed by atoms with E-state index >= 15 is 0 Å². The van der Waals surface area contributed by atoms with E-state index in [1.54, 1.807) is 49.4 Å². The summed E-state index contributed by atoms with van der Waals surface area (Å²) >= 11 is 5.60. The van der Waals surface area contributed by atoms with E-state index in [-0.39, 0.29) is 17.3 Å². The summed E-state index contributed by atoms with van der Waals surface area (Å²) in [6.07, 6.45) is 1.76. The maximum absolute atomic E-state index is 13.9. The molecule has 0 saturated heterocycles. The molecular formula is C28H31BrIN3O4S. The molecule has 1 N–H and O–H groups in total. The Morgan fingerprint density at radius 1 is 1.00 bits per heavy atom. The fraction of sp³-hybridized carbons (Fsp3) is 0.286. The van der Waals surface area contributed by atoms with Crippen molar-refractivity contribution < 1.29 is 18.0 Å². The third-order valence-electron chi connectivity index (χ3n) is 5.96. The van der Waals surface area contributed by atoms with Gasteiger partial charge in [0.2, 0.25) is 11.8 Å². The SMILES string of the molecule is CCCCNC(=O)[C@H](C)N(Cc1cccc(Br)c1)C(=O)CN(c1ccc(I)cc1)S(=O)(=O)c1ccccc1. The molecule has 0 saturated carbocycles. The van der Waals surface area contributed by atoms with Crippen molar-refractivity contribution in [3.63, 3.8) is 0 Å². The summed E-state index contributed by atoms with van der Waals surface area (Å²) in [6, 6.07) is 21.6. The Hall–Kier alpha value is -2.44. The maximum Gasteiger partial charge on any atom is 0.264 e. The molecular weight excluding hydrogens is 681 g/mol. The topological polar surface area (TPSA) is 86.8 Å².